The lowest BCUT2D eigenvalue weighted by Gasteiger charge is -2.63. The molecule has 1 aromatic carbocycles. The summed E-state index contributed by atoms with van der Waals surface area (Å²) >= 11 is 0. The van der Waals surface area contributed by atoms with Gasteiger partial charge in [0.15, 0.2) is 17.6 Å². The first-order valence-electron chi connectivity index (χ1n) is 10.2. The van der Waals surface area contributed by atoms with E-state index in [4.69, 9.17) is 9.57 Å². The molecule has 2 bridgehead atoms. The number of hydrogen-bond donors (Lipinski definition) is 2. The molecule has 0 amide bonds. The summed E-state index contributed by atoms with van der Waals surface area (Å²) in [4.78, 5) is 7.64. The second-order valence-electron chi connectivity index (χ2n) is 9.01. The van der Waals surface area contributed by atoms with Crippen molar-refractivity contribution >= 4 is 5.71 Å². The van der Waals surface area contributed by atoms with Crippen LogP contribution in [0.3, 0.4) is 0 Å². The summed E-state index contributed by atoms with van der Waals surface area (Å²) in [6.07, 6.45) is 5.24. The molecule has 27 heavy (non-hydrogen) atoms. The molecule has 6 rings (SSSR count). The first-order chi connectivity index (χ1) is 13.1. The van der Waals surface area contributed by atoms with E-state index < -0.39 is 11.0 Å². The molecule has 2 N–H and O–H groups in total. The second-order valence-corrected chi connectivity index (χ2v) is 9.01. The van der Waals surface area contributed by atoms with Gasteiger partial charge in [0.05, 0.1) is 16.7 Å². The Hall–Kier alpha value is -1.79. The van der Waals surface area contributed by atoms with Gasteiger partial charge in [-0.3, -0.25) is 4.90 Å². The lowest BCUT2D eigenvalue weighted by Crippen LogP contribution is -2.76. The van der Waals surface area contributed by atoms with Crippen molar-refractivity contribution in [1.29, 1.82) is 0 Å². The van der Waals surface area contributed by atoms with E-state index in [9.17, 15) is 10.2 Å². The number of rotatable bonds is 3. The topological polar surface area (TPSA) is 74.5 Å². The quantitative estimate of drug-likeness (QED) is 0.796. The highest BCUT2D eigenvalue weighted by Crippen LogP contribution is 2.65. The van der Waals surface area contributed by atoms with Crippen molar-refractivity contribution < 1.29 is 19.8 Å². The molecule has 1 spiro atoms. The van der Waals surface area contributed by atoms with Crippen LogP contribution in [0.25, 0.3) is 0 Å². The standard InChI is InChI=1S/C21H26N2O4/c1-26-22-14-6-7-21(25)16-10-13-4-5-15(24)18-17(13)20(21,19(14)27-18)8-9-23(16)11-12-2-3-12/h4-5,12,16,19,24-25H,2-3,6-11H2,1H3/t16-,19+,20+,21?/m1/s1. The third-order valence-electron chi connectivity index (χ3n) is 7.79. The summed E-state index contributed by atoms with van der Waals surface area (Å²) in [5.74, 6) is 1.51. The number of phenols is 1. The molecule has 1 unspecified atom stereocenters. The first-order valence-corrected chi connectivity index (χ1v) is 10.2. The van der Waals surface area contributed by atoms with E-state index in [1.54, 1.807) is 13.2 Å². The van der Waals surface area contributed by atoms with E-state index in [2.05, 4.69) is 10.1 Å². The predicted octanol–water partition coefficient (Wildman–Crippen LogP) is 1.96. The number of ether oxygens (including phenoxy) is 1. The Labute approximate surface area is 158 Å². The van der Waals surface area contributed by atoms with Gasteiger partial charge in [0.25, 0.3) is 0 Å². The van der Waals surface area contributed by atoms with Crippen LogP contribution < -0.4 is 4.74 Å². The van der Waals surface area contributed by atoms with Gasteiger partial charge in [0.1, 0.15) is 7.11 Å². The fraction of sp³-hybridized carbons (Fsp3) is 0.667. The molecule has 144 valence electrons. The molecule has 2 saturated carbocycles. The maximum atomic E-state index is 12.2. The van der Waals surface area contributed by atoms with Gasteiger partial charge >= 0.3 is 0 Å². The minimum absolute atomic E-state index is 0.102. The maximum Gasteiger partial charge on any atom is 0.166 e. The molecule has 5 aliphatic rings. The largest absolute Gasteiger partial charge is 0.504 e. The van der Waals surface area contributed by atoms with Crippen molar-refractivity contribution in [2.75, 3.05) is 20.2 Å². The van der Waals surface area contributed by atoms with E-state index >= 15 is 0 Å². The molecule has 4 atom stereocenters. The monoisotopic (exact) mass is 370 g/mol. The Bertz CT molecular complexity index is 851. The Balaban J connectivity index is 1.56. The normalized spacial score (nSPS) is 40.6. The zero-order valence-electron chi connectivity index (χ0n) is 15.6. The highest BCUT2D eigenvalue weighted by atomic mass is 16.6. The molecular formula is C21H26N2O4. The molecule has 2 aliphatic heterocycles. The second kappa shape index (κ2) is 5.17. The molecular weight excluding hydrogens is 344 g/mol. The minimum Gasteiger partial charge on any atom is -0.504 e. The number of phenolic OH excluding ortho intramolecular Hbond substituents is 1. The van der Waals surface area contributed by atoms with Gasteiger partial charge in [0, 0.05) is 18.2 Å². The Kier molecular flexibility index (Phi) is 3.10. The van der Waals surface area contributed by atoms with Gasteiger partial charge in [-0.05, 0) is 62.6 Å². The fourth-order valence-corrected chi connectivity index (χ4v) is 6.49. The number of piperidine rings is 1. The smallest absolute Gasteiger partial charge is 0.166 e. The Morgan fingerprint density at radius 1 is 1.33 bits per heavy atom. The van der Waals surface area contributed by atoms with Crippen molar-refractivity contribution in [1.82, 2.24) is 4.90 Å². The van der Waals surface area contributed by atoms with Crippen LogP contribution in [0.5, 0.6) is 11.5 Å². The number of hydrogen-bond acceptors (Lipinski definition) is 6. The van der Waals surface area contributed by atoms with Crippen LogP contribution in [0.2, 0.25) is 0 Å². The van der Waals surface area contributed by atoms with Crippen molar-refractivity contribution in [3.63, 3.8) is 0 Å². The van der Waals surface area contributed by atoms with E-state index in [0.29, 0.717) is 18.6 Å². The van der Waals surface area contributed by atoms with Crippen LogP contribution in [0.1, 0.15) is 43.2 Å². The number of likely N-dealkylation sites (tertiary alicyclic amines) is 1. The third kappa shape index (κ3) is 1.86. The number of aromatic hydroxyl groups is 1. The summed E-state index contributed by atoms with van der Waals surface area (Å²) < 4.78 is 6.33. The summed E-state index contributed by atoms with van der Waals surface area (Å²) in [7, 11) is 1.55. The maximum absolute atomic E-state index is 12.2. The Morgan fingerprint density at radius 2 is 2.19 bits per heavy atom. The molecule has 2 heterocycles. The zero-order chi connectivity index (χ0) is 18.4. The van der Waals surface area contributed by atoms with Gasteiger partial charge in [0.2, 0.25) is 0 Å². The van der Waals surface area contributed by atoms with Crippen molar-refractivity contribution in [3.8, 4) is 11.5 Å². The zero-order valence-corrected chi connectivity index (χ0v) is 15.6. The summed E-state index contributed by atoms with van der Waals surface area (Å²) in [6.45, 7) is 2.05. The molecule has 0 radical (unpaired) electrons. The van der Waals surface area contributed by atoms with Crippen LogP contribution in [0.15, 0.2) is 17.3 Å². The minimum atomic E-state index is -0.858. The van der Waals surface area contributed by atoms with Gasteiger partial charge in [-0.15, -0.1) is 0 Å². The van der Waals surface area contributed by atoms with Crippen LogP contribution in [0, 0.1) is 5.92 Å². The molecule has 1 saturated heterocycles. The fourth-order valence-electron chi connectivity index (χ4n) is 6.49. The number of benzene rings is 1. The Morgan fingerprint density at radius 3 is 2.96 bits per heavy atom. The lowest BCUT2D eigenvalue weighted by molar-refractivity contribution is -0.167. The van der Waals surface area contributed by atoms with Gasteiger partial charge in [-0.2, -0.15) is 0 Å². The van der Waals surface area contributed by atoms with Gasteiger partial charge < -0.3 is 19.8 Å². The molecule has 3 aliphatic carbocycles. The molecule has 6 heteroatoms. The van der Waals surface area contributed by atoms with Crippen LogP contribution in [-0.4, -0.2) is 58.8 Å². The highest BCUT2D eigenvalue weighted by molar-refractivity contribution is 5.94. The highest BCUT2D eigenvalue weighted by Gasteiger charge is 2.72. The SMILES string of the molecule is CON=C1CCC2(O)[C@H]3Cc4ccc(O)c5c4[C@@]2(CCN3CC2CC2)[C@H]1O5. The molecule has 0 aromatic heterocycles. The molecule has 6 nitrogen and oxygen atoms in total. The van der Waals surface area contributed by atoms with E-state index in [1.165, 1.54) is 18.4 Å². The van der Waals surface area contributed by atoms with E-state index in [0.717, 1.165) is 43.1 Å². The number of nitrogens with zero attached hydrogens (tertiary/aromatic N) is 2. The summed E-state index contributed by atoms with van der Waals surface area (Å²) in [6, 6.07) is 3.86. The average molecular weight is 370 g/mol. The predicted molar refractivity (Wildman–Crippen MR) is 99.2 cm³/mol. The van der Waals surface area contributed by atoms with E-state index in [-0.39, 0.29) is 17.9 Å². The molecule has 3 fully saturated rings. The van der Waals surface area contributed by atoms with E-state index in [1.807, 2.05) is 6.07 Å². The van der Waals surface area contributed by atoms with Crippen molar-refractivity contribution in [2.24, 2.45) is 11.1 Å². The number of aliphatic hydroxyl groups is 1. The van der Waals surface area contributed by atoms with Gasteiger partial charge in [-0.1, -0.05) is 11.2 Å². The molecule has 1 aromatic rings. The number of oxime groups is 1. The van der Waals surface area contributed by atoms with Crippen LogP contribution >= 0.6 is 0 Å². The summed E-state index contributed by atoms with van der Waals surface area (Å²) in [5.41, 5.74) is 1.69. The van der Waals surface area contributed by atoms with Crippen LogP contribution in [0.4, 0.5) is 0 Å². The summed E-state index contributed by atoms with van der Waals surface area (Å²) in [5, 5.41) is 27.0. The first kappa shape index (κ1) is 16.2. The lowest BCUT2D eigenvalue weighted by atomic mass is 9.49. The third-order valence-corrected chi connectivity index (χ3v) is 7.79. The van der Waals surface area contributed by atoms with Crippen molar-refractivity contribution in [3.05, 3.63) is 23.3 Å². The van der Waals surface area contributed by atoms with Crippen LogP contribution in [-0.2, 0) is 16.7 Å². The van der Waals surface area contributed by atoms with Crippen molar-refractivity contribution in [2.45, 2.75) is 61.7 Å². The average Bonchev–Trinajstić information content (AvgIpc) is 3.39. The van der Waals surface area contributed by atoms with Gasteiger partial charge in [-0.25, -0.2) is 0 Å².